The van der Waals surface area contributed by atoms with Gasteiger partial charge in [0.2, 0.25) is 0 Å². The van der Waals surface area contributed by atoms with Gasteiger partial charge in [-0.1, -0.05) is 97.1 Å². The third kappa shape index (κ3) is 5.53. The van der Waals surface area contributed by atoms with Crippen LogP contribution in [-0.4, -0.2) is 54.4 Å². The Morgan fingerprint density at radius 3 is 2.21 bits per heavy atom. The zero-order chi connectivity index (χ0) is 43.0. The van der Waals surface area contributed by atoms with Crippen molar-refractivity contribution in [1.29, 1.82) is 0 Å². The lowest BCUT2D eigenvalue weighted by Gasteiger charge is -2.54. The first-order chi connectivity index (χ1) is 30.1. The third-order valence-corrected chi connectivity index (χ3v) is 13.2. The second-order valence-electron chi connectivity index (χ2n) is 16.1. The summed E-state index contributed by atoms with van der Waals surface area (Å²) in [5.41, 5.74) is 1.09. The zero-order valence-corrected chi connectivity index (χ0v) is 34.1. The average molecular weight is 828 g/mol. The van der Waals surface area contributed by atoms with Gasteiger partial charge in [0.1, 0.15) is 11.4 Å². The van der Waals surface area contributed by atoms with E-state index in [4.69, 9.17) is 9.47 Å². The number of phenolic OH excluding ortho intramolecular Hbond substituents is 1. The summed E-state index contributed by atoms with van der Waals surface area (Å²) in [5.74, 6) is -1.34. The molecule has 2 aliphatic carbocycles. The number of nitrogens with zero attached hydrogens (tertiary/aromatic N) is 5. The van der Waals surface area contributed by atoms with Crippen LogP contribution in [0.2, 0.25) is 0 Å². The standard InChI is InChI=1S/C49H41N5O8/c1-51-39-27-42(62-3)41(61-2)26-37(39)50-36(46(51)58)21-22-52-47(59)53-23-20-33-38(54(53)48(52)60)25-35-45(57)34(28-12-6-4-7-13-28)24-43(56)49(35,29-14-8-5-9-15-29)44(33)32-18-19-40(55)31-17-11-10-16-30(31)32/h4-20,24,26-27,35,38,44,55H,21-23,25H2,1-3H3/t35-,38+,44-,49-/m0/s1. The van der Waals surface area contributed by atoms with Crippen LogP contribution in [-0.2, 0) is 41.6 Å². The summed E-state index contributed by atoms with van der Waals surface area (Å²) in [4.78, 5) is 78.2. The number of hydrogen-bond acceptors (Lipinski definition) is 9. The monoisotopic (exact) mass is 827 g/mol. The highest BCUT2D eigenvalue weighted by Crippen LogP contribution is 2.62. The number of aryl methyl sites for hydroxylation is 2. The van der Waals surface area contributed by atoms with Crippen LogP contribution in [0.15, 0.2) is 141 Å². The van der Waals surface area contributed by atoms with E-state index >= 15 is 9.59 Å². The van der Waals surface area contributed by atoms with Crippen LogP contribution in [0.4, 0.5) is 0 Å². The van der Waals surface area contributed by atoms with E-state index in [9.17, 15) is 19.5 Å². The average Bonchev–Trinajstić information content (AvgIpc) is 3.55. The molecule has 310 valence electrons. The molecule has 10 rings (SSSR count). The number of fused-ring (bicyclic) bond motifs is 6. The van der Waals surface area contributed by atoms with Crippen molar-refractivity contribution in [1.82, 2.24) is 23.5 Å². The van der Waals surface area contributed by atoms with E-state index in [0.29, 0.717) is 55.6 Å². The van der Waals surface area contributed by atoms with E-state index < -0.39 is 34.7 Å². The van der Waals surface area contributed by atoms with Gasteiger partial charge in [-0.3, -0.25) is 14.4 Å². The minimum absolute atomic E-state index is 0.0137. The number of ketones is 2. The summed E-state index contributed by atoms with van der Waals surface area (Å²) in [6.07, 6.45) is 3.42. The molecule has 3 heterocycles. The Hall–Kier alpha value is -7.54. The number of ether oxygens (including phenoxy) is 2. The van der Waals surface area contributed by atoms with E-state index in [2.05, 4.69) is 4.98 Å². The van der Waals surface area contributed by atoms with Crippen LogP contribution in [0.25, 0.3) is 27.4 Å². The van der Waals surface area contributed by atoms with E-state index in [0.717, 1.165) is 4.57 Å². The summed E-state index contributed by atoms with van der Waals surface area (Å²) in [7, 11) is 4.63. The normalized spacial score (nSPS) is 20.6. The summed E-state index contributed by atoms with van der Waals surface area (Å²) in [5, 5.41) is 12.4. The van der Waals surface area contributed by atoms with Crippen LogP contribution >= 0.6 is 0 Å². The number of carbonyl (C=O) groups excluding carboxylic acids is 2. The number of allylic oxidation sites excluding steroid dienone is 4. The molecule has 4 atom stereocenters. The van der Waals surface area contributed by atoms with Crippen LogP contribution in [0.3, 0.4) is 0 Å². The predicted octanol–water partition coefficient (Wildman–Crippen LogP) is 5.64. The highest BCUT2D eigenvalue weighted by molar-refractivity contribution is 6.31. The van der Waals surface area contributed by atoms with Gasteiger partial charge in [-0.15, -0.1) is 0 Å². The largest absolute Gasteiger partial charge is 0.507 e. The highest BCUT2D eigenvalue weighted by atomic mass is 16.5. The lowest BCUT2D eigenvalue weighted by molar-refractivity contribution is -0.133. The molecular formula is C49H41N5O8. The Labute approximate surface area is 354 Å². The molecule has 0 bridgehead atoms. The molecule has 0 unspecified atom stereocenters. The molecule has 62 heavy (non-hydrogen) atoms. The van der Waals surface area contributed by atoms with Crippen molar-refractivity contribution in [2.45, 2.75) is 43.3 Å². The molecule has 13 nitrogen and oxygen atoms in total. The first-order valence-electron chi connectivity index (χ1n) is 20.4. The second-order valence-corrected chi connectivity index (χ2v) is 16.1. The van der Waals surface area contributed by atoms with Gasteiger partial charge < -0.3 is 19.1 Å². The van der Waals surface area contributed by atoms with Gasteiger partial charge in [0.15, 0.2) is 23.1 Å². The number of aromatic hydroxyl groups is 1. The first-order valence-corrected chi connectivity index (χ1v) is 20.4. The summed E-state index contributed by atoms with van der Waals surface area (Å²) < 4.78 is 16.3. The second kappa shape index (κ2) is 14.6. The summed E-state index contributed by atoms with van der Waals surface area (Å²) >= 11 is 0. The lowest BCUT2D eigenvalue weighted by Crippen LogP contribution is -2.58. The Kier molecular flexibility index (Phi) is 9.09. The van der Waals surface area contributed by atoms with Gasteiger partial charge in [-0.2, -0.15) is 0 Å². The molecule has 5 aromatic carbocycles. The fraction of sp³-hybridized carbons (Fsp3) is 0.224. The Morgan fingerprint density at radius 2 is 1.48 bits per heavy atom. The van der Waals surface area contributed by atoms with Crippen LogP contribution in [0.1, 0.15) is 40.8 Å². The molecule has 0 saturated heterocycles. The smallest absolute Gasteiger partial charge is 0.347 e. The number of methoxy groups -OCH3 is 2. The van der Waals surface area contributed by atoms with Gasteiger partial charge in [0, 0.05) is 54.9 Å². The van der Waals surface area contributed by atoms with Crippen molar-refractivity contribution in [3.8, 4) is 17.2 Å². The molecule has 1 fully saturated rings. The van der Waals surface area contributed by atoms with Crippen molar-refractivity contribution in [2.24, 2.45) is 13.0 Å². The number of Topliss-reactive ketones (excluding diaryl/α,β-unsaturated/α-hetero) is 1. The topological polar surface area (TPSA) is 157 Å². The molecule has 1 aliphatic heterocycles. The molecule has 2 aromatic heterocycles. The van der Waals surface area contributed by atoms with Gasteiger partial charge in [0.25, 0.3) is 5.56 Å². The number of aromatic nitrogens is 5. The number of carbonyl (C=O) groups is 2. The highest BCUT2D eigenvalue weighted by Gasteiger charge is 2.63. The van der Waals surface area contributed by atoms with Gasteiger partial charge in [-0.25, -0.2) is 28.5 Å². The van der Waals surface area contributed by atoms with Crippen LogP contribution in [0.5, 0.6) is 17.2 Å². The fourth-order valence-electron chi connectivity index (χ4n) is 10.4. The van der Waals surface area contributed by atoms with Crippen molar-refractivity contribution in [3.05, 3.63) is 181 Å². The van der Waals surface area contributed by atoms with E-state index in [1.165, 1.54) is 34.2 Å². The first kappa shape index (κ1) is 38.6. The Balaban J connectivity index is 1.15. The maximum Gasteiger partial charge on any atom is 0.347 e. The quantitative estimate of drug-likeness (QED) is 0.192. The van der Waals surface area contributed by atoms with Crippen LogP contribution in [0, 0.1) is 5.92 Å². The number of phenols is 1. The SMILES string of the molecule is COc1cc2nc(CCn3c(=O)n4n(c3=O)[C@@H]3C[C@H]5C(=O)C(c6ccccc6)=CC(=O)[C@@]5(c5ccccc5)[C@@H](c5ccc(O)c6ccccc56)C3=CC4)c(=O)n(C)c2cc1OC. The van der Waals surface area contributed by atoms with Crippen molar-refractivity contribution >= 4 is 38.9 Å². The van der Waals surface area contributed by atoms with E-state index in [-0.39, 0.29) is 60.1 Å². The maximum absolute atomic E-state index is 15.5. The van der Waals surface area contributed by atoms with Gasteiger partial charge in [-0.05, 0) is 46.2 Å². The maximum atomic E-state index is 15.5. The van der Waals surface area contributed by atoms with E-state index in [1.54, 1.807) is 43.4 Å². The lowest BCUT2D eigenvalue weighted by atomic mass is 9.47. The Bertz CT molecular complexity index is 3270. The molecule has 0 amide bonds. The van der Waals surface area contributed by atoms with Gasteiger partial charge >= 0.3 is 11.4 Å². The molecular weight excluding hydrogens is 787 g/mol. The third-order valence-electron chi connectivity index (χ3n) is 13.2. The molecule has 0 spiro atoms. The molecule has 3 aliphatic rings. The van der Waals surface area contributed by atoms with Crippen molar-refractivity contribution < 1.29 is 24.2 Å². The molecule has 1 N–H and O–H groups in total. The predicted molar refractivity (Wildman–Crippen MR) is 233 cm³/mol. The number of benzene rings is 5. The minimum Gasteiger partial charge on any atom is -0.507 e. The zero-order valence-electron chi connectivity index (χ0n) is 34.1. The molecule has 13 heteroatoms. The Morgan fingerprint density at radius 1 is 0.806 bits per heavy atom. The molecule has 0 radical (unpaired) electrons. The number of rotatable bonds is 8. The minimum atomic E-state index is -1.46. The summed E-state index contributed by atoms with van der Waals surface area (Å²) in [6.45, 7) is -0.130. The van der Waals surface area contributed by atoms with E-state index in [1.807, 2.05) is 78.9 Å². The number of hydrogen-bond donors (Lipinski definition) is 1. The summed E-state index contributed by atoms with van der Waals surface area (Å²) in [6, 6.07) is 31.8. The van der Waals surface area contributed by atoms with Crippen molar-refractivity contribution in [3.63, 3.8) is 0 Å². The van der Waals surface area contributed by atoms with Crippen LogP contribution < -0.4 is 26.4 Å². The fourth-order valence-corrected chi connectivity index (χ4v) is 10.4. The van der Waals surface area contributed by atoms with Gasteiger partial charge in [0.05, 0.1) is 43.3 Å². The molecule has 7 aromatic rings. The molecule has 1 saturated carbocycles. The van der Waals surface area contributed by atoms with Crippen molar-refractivity contribution in [2.75, 3.05) is 14.2 Å².